The number of aromatic nitrogens is 1. The molecule has 0 aliphatic heterocycles. The molecule has 0 aliphatic rings. The molecule has 0 saturated heterocycles. The number of hydrogen-bond donors (Lipinski definition) is 0. The number of para-hydroxylation sites is 2. The van der Waals surface area contributed by atoms with Gasteiger partial charge in [0.1, 0.15) is 16.9 Å². The van der Waals surface area contributed by atoms with Gasteiger partial charge in [-0.25, -0.2) is 0 Å². The van der Waals surface area contributed by atoms with Gasteiger partial charge in [0, 0.05) is 39.0 Å². The van der Waals surface area contributed by atoms with Crippen LogP contribution in [0.2, 0.25) is 0 Å². The van der Waals surface area contributed by atoms with Crippen molar-refractivity contribution in [2.45, 2.75) is 0 Å². The summed E-state index contributed by atoms with van der Waals surface area (Å²) in [6.07, 6.45) is 7.73. The smallest absolute Gasteiger partial charge is 0.144 e. The van der Waals surface area contributed by atoms with E-state index >= 15 is 0 Å². The summed E-state index contributed by atoms with van der Waals surface area (Å²) in [6.45, 7) is 0. The van der Waals surface area contributed by atoms with E-state index in [0.29, 0.717) is 5.75 Å². The average molecular weight is 425 g/mol. The van der Waals surface area contributed by atoms with Crippen molar-refractivity contribution in [2.24, 2.45) is 0 Å². The number of benzene rings is 4. The summed E-state index contributed by atoms with van der Waals surface area (Å²) < 4.78 is 12.4. The first-order valence-electron chi connectivity index (χ1n) is 10.7. The van der Waals surface area contributed by atoms with Crippen LogP contribution < -0.4 is 4.74 Å². The van der Waals surface area contributed by atoms with E-state index in [4.69, 9.17) is 15.6 Å². The van der Waals surface area contributed by atoms with E-state index < -0.39 is 0 Å². The molecule has 0 spiro atoms. The standard InChI is InChI=1S/C30H19NO2/c1-3-20-21-11-5-4-10-19(21)18-26(28(20)32-2)24-14-8-12-22-23-13-9-15-25(30(23)33-29(22)24)27-16-6-7-17-31-27/h1,4-18H,2H3. The zero-order valence-electron chi connectivity index (χ0n) is 18.0. The number of hydrogen-bond acceptors (Lipinski definition) is 3. The molecule has 0 unspecified atom stereocenters. The number of pyridine rings is 1. The first-order chi connectivity index (χ1) is 16.3. The van der Waals surface area contributed by atoms with Gasteiger partial charge >= 0.3 is 0 Å². The van der Waals surface area contributed by atoms with Crippen LogP contribution in [0.1, 0.15) is 5.56 Å². The Bertz CT molecular complexity index is 1710. The lowest BCUT2D eigenvalue weighted by molar-refractivity contribution is 0.416. The summed E-state index contributed by atoms with van der Waals surface area (Å²) in [6, 6.07) is 28.5. The number of rotatable bonds is 3. The van der Waals surface area contributed by atoms with Crippen molar-refractivity contribution in [1.82, 2.24) is 4.98 Å². The summed E-state index contributed by atoms with van der Waals surface area (Å²) in [5.41, 5.74) is 6.05. The van der Waals surface area contributed by atoms with Gasteiger partial charge in [-0.2, -0.15) is 0 Å². The summed E-state index contributed by atoms with van der Waals surface area (Å²) in [7, 11) is 1.66. The van der Waals surface area contributed by atoms with Crippen molar-refractivity contribution in [3.8, 4) is 40.5 Å². The van der Waals surface area contributed by atoms with Crippen molar-refractivity contribution in [3.63, 3.8) is 0 Å². The molecule has 0 aliphatic carbocycles. The lowest BCUT2D eigenvalue weighted by Crippen LogP contribution is -1.94. The number of furan rings is 1. The topological polar surface area (TPSA) is 35.3 Å². The lowest BCUT2D eigenvalue weighted by atomic mass is 9.94. The van der Waals surface area contributed by atoms with Gasteiger partial charge in [0.25, 0.3) is 0 Å². The van der Waals surface area contributed by atoms with E-state index in [1.165, 1.54) is 0 Å². The van der Waals surface area contributed by atoms with Crippen LogP contribution in [0.5, 0.6) is 5.75 Å². The SMILES string of the molecule is C#Cc1c(OC)c(-c2cccc3c2oc2c(-c4ccccn4)cccc23)cc2ccccc12. The Morgan fingerprint density at radius 2 is 1.45 bits per heavy atom. The quantitative estimate of drug-likeness (QED) is 0.276. The van der Waals surface area contributed by atoms with Crippen molar-refractivity contribution < 1.29 is 9.15 Å². The molecule has 0 bridgehead atoms. The highest BCUT2D eigenvalue weighted by atomic mass is 16.5. The third kappa shape index (κ3) is 2.89. The maximum Gasteiger partial charge on any atom is 0.144 e. The zero-order chi connectivity index (χ0) is 22.4. The summed E-state index contributed by atoms with van der Waals surface area (Å²) >= 11 is 0. The molecule has 0 amide bonds. The van der Waals surface area contributed by atoms with Gasteiger partial charge < -0.3 is 9.15 Å². The lowest BCUT2D eigenvalue weighted by Gasteiger charge is -2.14. The van der Waals surface area contributed by atoms with E-state index in [0.717, 1.165) is 60.7 Å². The van der Waals surface area contributed by atoms with Gasteiger partial charge in [0.15, 0.2) is 0 Å². The second-order valence-corrected chi connectivity index (χ2v) is 7.88. The molecule has 6 rings (SSSR count). The summed E-state index contributed by atoms with van der Waals surface area (Å²) in [5.74, 6) is 3.52. The molecule has 0 radical (unpaired) electrons. The van der Waals surface area contributed by atoms with Crippen LogP contribution in [0.25, 0.3) is 55.1 Å². The maximum absolute atomic E-state index is 6.56. The Morgan fingerprint density at radius 3 is 2.18 bits per heavy atom. The Labute approximate surface area is 191 Å². The van der Waals surface area contributed by atoms with Crippen LogP contribution in [-0.4, -0.2) is 12.1 Å². The first-order valence-corrected chi connectivity index (χ1v) is 10.7. The predicted octanol–water partition coefficient (Wildman–Crippen LogP) is 7.46. The number of fused-ring (bicyclic) bond motifs is 4. The van der Waals surface area contributed by atoms with Gasteiger partial charge in [0.2, 0.25) is 0 Å². The fourth-order valence-corrected chi connectivity index (χ4v) is 4.64. The first kappa shape index (κ1) is 19.2. The van der Waals surface area contributed by atoms with E-state index in [1.54, 1.807) is 13.3 Å². The number of terminal acetylenes is 1. The minimum atomic E-state index is 0.675. The van der Waals surface area contributed by atoms with E-state index in [-0.39, 0.29) is 0 Å². The van der Waals surface area contributed by atoms with Crippen molar-refractivity contribution >= 4 is 32.7 Å². The highest BCUT2D eigenvalue weighted by molar-refractivity contribution is 6.13. The largest absolute Gasteiger partial charge is 0.495 e. The number of methoxy groups -OCH3 is 1. The Kier molecular flexibility index (Phi) is 4.38. The van der Waals surface area contributed by atoms with Crippen molar-refractivity contribution in [1.29, 1.82) is 0 Å². The van der Waals surface area contributed by atoms with Gasteiger partial charge in [-0.1, -0.05) is 66.6 Å². The molecule has 0 atom stereocenters. The Morgan fingerprint density at radius 1 is 0.758 bits per heavy atom. The fourth-order valence-electron chi connectivity index (χ4n) is 4.64. The second kappa shape index (κ2) is 7.55. The highest BCUT2D eigenvalue weighted by Crippen LogP contribution is 2.44. The molecule has 3 nitrogen and oxygen atoms in total. The Hall–Kier alpha value is -4.55. The van der Waals surface area contributed by atoms with Crippen LogP contribution in [-0.2, 0) is 0 Å². The summed E-state index contributed by atoms with van der Waals surface area (Å²) in [5, 5.41) is 4.14. The van der Waals surface area contributed by atoms with Gasteiger partial charge in [-0.05, 0) is 29.7 Å². The molecule has 156 valence electrons. The maximum atomic E-state index is 6.56. The van der Waals surface area contributed by atoms with Crippen molar-refractivity contribution in [3.05, 3.63) is 96.7 Å². The molecule has 0 N–H and O–H groups in total. The van der Waals surface area contributed by atoms with E-state index in [9.17, 15) is 0 Å². The molecule has 0 saturated carbocycles. The van der Waals surface area contributed by atoms with Crippen LogP contribution in [0.15, 0.2) is 95.5 Å². The highest BCUT2D eigenvalue weighted by Gasteiger charge is 2.20. The van der Waals surface area contributed by atoms with Crippen molar-refractivity contribution in [2.75, 3.05) is 7.11 Å². The minimum Gasteiger partial charge on any atom is -0.495 e. The molecule has 2 aromatic heterocycles. The Balaban J connectivity index is 1.70. The molecule has 3 heteroatoms. The van der Waals surface area contributed by atoms with E-state index in [2.05, 4.69) is 41.2 Å². The third-order valence-corrected chi connectivity index (χ3v) is 6.11. The number of ether oxygens (including phenoxy) is 1. The van der Waals surface area contributed by atoms with Crippen LogP contribution >= 0.6 is 0 Å². The van der Waals surface area contributed by atoms with Gasteiger partial charge in [-0.3, -0.25) is 4.98 Å². The molecule has 0 fully saturated rings. The average Bonchev–Trinajstić information content (AvgIpc) is 3.27. The normalized spacial score (nSPS) is 11.2. The monoisotopic (exact) mass is 425 g/mol. The molecular weight excluding hydrogens is 406 g/mol. The fraction of sp³-hybridized carbons (Fsp3) is 0.0333. The van der Waals surface area contributed by atoms with Crippen LogP contribution in [0, 0.1) is 12.3 Å². The zero-order valence-corrected chi connectivity index (χ0v) is 18.0. The number of nitrogens with zero attached hydrogens (tertiary/aromatic N) is 1. The third-order valence-electron chi connectivity index (χ3n) is 6.11. The second-order valence-electron chi connectivity index (χ2n) is 7.88. The van der Waals surface area contributed by atoms with Gasteiger partial charge in [-0.15, -0.1) is 6.42 Å². The van der Waals surface area contributed by atoms with Crippen LogP contribution in [0.3, 0.4) is 0 Å². The van der Waals surface area contributed by atoms with Gasteiger partial charge in [0.05, 0.1) is 18.4 Å². The molecule has 4 aromatic carbocycles. The predicted molar refractivity (Wildman–Crippen MR) is 134 cm³/mol. The molecular formula is C30H19NO2. The van der Waals surface area contributed by atoms with E-state index in [1.807, 2.05) is 54.6 Å². The molecule has 6 aromatic rings. The molecule has 2 heterocycles. The molecule has 33 heavy (non-hydrogen) atoms. The van der Waals surface area contributed by atoms with Crippen LogP contribution in [0.4, 0.5) is 0 Å². The minimum absolute atomic E-state index is 0.675. The summed E-state index contributed by atoms with van der Waals surface area (Å²) in [4.78, 5) is 4.53.